The van der Waals surface area contributed by atoms with Crippen LogP contribution in [0.2, 0.25) is 0 Å². The number of aromatic carboxylic acids is 1. The van der Waals surface area contributed by atoms with Crippen molar-refractivity contribution in [3.05, 3.63) is 108 Å². The molecule has 0 heterocycles. The fraction of sp³-hybridized carbons (Fsp3) is 0.0417. The van der Waals surface area contributed by atoms with Crippen molar-refractivity contribution in [2.45, 2.75) is 11.3 Å². The molecule has 2 N–H and O–H groups in total. The summed E-state index contributed by atoms with van der Waals surface area (Å²) >= 11 is 0. The standard InChI is InChI=1S/C24H19NO4S/c26-24(27)23-16-18(21-12-5-2-6-13-22(21)23)14-17-8-7-9-19(15-17)25-30(28,29)20-10-3-1-4-11-20/h1-13,15-16,25H,14H2,(H,26,27). The molecule has 2 aromatic rings. The van der Waals surface area contributed by atoms with E-state index >= 15 is 0 Å². The SMILES string of the molecule is O=C(O)c1cc(Cc2cccc(NS(=O)(=O)c3ccccc3)c2)c2cccccc1-2. The molecule has 2 aliphatic carbocycles. The van der Waals surface area contributed by atoms with Crippen LogP contribution in [0.4, 0.5) is 5.69 Å². The average Bonchev–Trinajstić information content (AvgIpc) is 2.89. The van der Waals surface area contributed by atoms with Crippen molar-refractivity contribution in [1.29, 1.82) is 0 Å². The summed E-state index contributed by atoms with van der Waals surface area (Å²) in [5, 5.41) is 9.55. The average molecular weight is 417 g/mol. The van der Waals surface area contributed by atoms with Gasteiger partial charge in [0.15, 0.2) is 0 Å². The number of sulfonamides is 1. The lowest BCUT2D eigenvalue weighted by molar-refractivity contribution is 0.0698. The first-order chi connectivity index (χ1) is 14.4. The van der Waals surface area contributed by atoms with Gasteiger partial charge in [-0.2, -0.15) is 0 Å². The Morgan fingerprint density at radius 2 is 1.47 bits per heavy atom. The molecule has 6 heteroatoms. The maximum atomic E-state index is 12.6. The highest BCUT2D eigenvalue weighted by molar-refractivity contribution is 7.92. The van der Waals surface area contributed by atoms with E-state index in [2.05, 4.69) is 4.72 Å². The van der Waals surface area contributed by atoms with Crippen molar-refractivity contribution in [2.24, 2.45) is 0 Å². The van der Waals surface area contributed by atoms with Crippen molar-refractivity contribution in [3.8, 4) is 11.1 Å². The van der Waals surface area contributed by atoms with E-state index in [-0.39, 0.29) is 10.5 Å². The number of carboxylic acids is 1. The van der Waals surface area contributed by atoms with Gasteiger partial charge in [0.1, 0.15) is 0 Å². The molecule has 0 saturated heterocycles. The second-order valence-electron chi connectivity index (χ2n) is 6.92. The lowest BCUT2D eigenvalue weighted by Crippen LogP contribution is -2.12. The van der Waals surface area contributed by atoms with Gasteiger partial charge in [-0.15, -0.1) is 0 Å². The molecule has 0 saturated carbocycles. The van der Waals surface area contributed by atoms with Crippen molar-refractivity contribution < 1.29 is 18.3 Å². The van der Waals surface area contributed by atoms with Gasteiger partial charge in [0, 0.05) is 5.69 Å². The molecule has 0 bridgehead atoms. The van der Waals surface area contributed by atoms with Gasteiger partial charge in [0.05, 0.1) is 10.5 Å². The van der Waals surface area contributed by atoms with Gasteiger partial charge < -0.3 is 5.11 Å². The molecular weight excluding hydrogens is 398 g/mol. The highest BCUT2D eigenvalue weighted by Crippen LogP contribution is 2.33. The molecular formula is C24H19NO4S. The van der Waals surface area contributed by atoms with Crippen LogP contribution in [0.3, 0.4) is 0 Å². The molecule has 0 spiro atoms. The van der Waals surface area contributed by atoms with E-state index in [0.717, 1.165) is 16.7 Å². The number of rotatable bonds is 6. The molecule has 2 aliphatic rings. The van der Waals surface area contributed by atoms with Crippen LogP contribution in [0, 0.1) is 0 Å². The third kappa shape index (κ3) is 4.04. The Balaban J connectivity index is 1.64. The van der Waals surface area contributed by atoms with Crippen LogP contribution in [0.5, 0.6) is 0 Å². The molecule has 2 aromatic carbocycles. The zero-order chi connectivity index (χ0) is 21.1. The van der Waals surface area contributed by atoms with Gasteiger partial charge in [-0.05, 0) is 59.0 Å². The fourth-order valence-corrected chi connectivity index (χ4v) is 4.56. The minimum atomic E-state index is -3.68. The van der Waals surface area contributed by atoms with E-state index in [1.54, 1.807) is 48.5 Å². The predicted molar refractivity (Wildman–Crippen MR) is 117 cm³/mol. The number of fused-ring (bicyclic) bond motifs is 1. The Morgan fingerprint density at radius 1 is 0.800 bits per heavy atom. The molecule has 0 aliphatic heterocycles. The summed E-state index contributed by atoms with van der Waals surface area (Å²) in [5.74, 6) is -0.971. The summed E-state index contributed by atoms with van der Waals surface area (Å²) in [6.45, 7) is 0. The first kappa shape index (κ1) is 19.7. The van der Waals surface area contributed by atoms with Gasteiger partial charge in [0.25, 0.3) is 10.0 Å². The van der Waals surface area contributed by atoms with Crippen molar-refractivity contribution >= 4 is 21.7 Å². The topological polar surface area (TPSA) is 83.5 Å². The highest BCUT2D eigenvalue weighted by atomic mass is 32.2. The van der Waals surface area contributed by atoms with E-state index in [1.807, 2.05) is 30.3 Å². The third-order valence-corrected chi connectivity index (χ3v) is 6.25. The summed E-state index contributed by atoms with van der Waals surface area (Å²) in [6, 6.07) is 26.2. The zero-order valence-corrected chi connectivity index (χ0v) is 16.8. The Bertz CT molecular complexity index is 1280. The minimum Gasteiger partial charge on any atom is -0.478 e. The molecule has 0 aromatic heterocycles. The van der Waals surface area contributed by atoms with E-state index in [9.17, 15) is 18.3 Å². The van der Waals surface area contributed by atoms with E-state index < -0.39 is 16.0 Å². The van der Waals surface area contributed by atoms with Crippen molar-refractivity contribution in [3.63, 3.8) is 0 Å². The third-order valence-electron chi connectivity index (χ3n) is 4.85. The normalized spacial score (nSPS) is 11.3. The van der Waals surface area contributed by atoms with Gasteiger partial charge >= 0.3 is 5.97 Å². The molecule has 0 radical (unpaired) electrons. The van der Waals surface area contributed by atoms with Crippen LogP contribution < -0.4 is 4.72 Å². The molecule has 0 unspecified atom stereocenters. The van der Waals surface area contributed by atoms with E-state index in [1.165, 1.54) is 12.1 Å². The predicted octanol–water partition coefficient (Wildman–Crippen LogP) is 4.88. The Kier molecular flexibility index (Phi) is 5.25. The number of hydrogen-bond donors (Lipinski definition) is 2. The first-order valence-corrected chi connectivity index (χ1v) is 10.8. The number of benzene rings is 2. The van der Waals surface area contributed by atoms with Gasteiger partial charge in [0.2, 0.25) is 0 Å². The quantitative estimate of drug-likeness (QED) is 0.468. The maximum Gasteiger partial charge on any atom is 0.336 e. The second kappa shape index (κ2) is 8.00. The van der Waals surface area contributed by atoms with Crippen LogP contribution in [0.25, 0.3) is 11.1 Å². The zero-order valence-electron chi connectivity index (χ0n) is 15.9. The Morgan fingerprint density at radius 3 is 2.17 bits per heavy atom. The van der Waals surface area contributed by atoms with Gasteiger partial charge in [-0.3, -0.25) is 4.72 Å². The summed E-state index contributed by atoms with van der Waals surface area (Å²) < 4.78 is 27.8. The molecule has 30 heavy (non-hydrogen) atoms. The van der Waals surface area contributed by atoms with Crippen LogP contribution in [0.15, 0.2) is 95.9 Å². The summed E-state index contributed by atoms with van der Waals surface area (Å²) in [6.07, 6.45) is 0.481. The van der Waals surface area contributed by atoms with E-state index in [0.29, 0.717) is 17.7 Å². The molecule has 4 rings (SSSR count). The van der Waals surface area contributed by atoms with Crippen LogP contribution in [-0.4, -0.2) is 19.5 Å². The first-order valence-electron chi connectivity index (χ1n) is 9.35. The van der Waals surface area contributed by atoms with Crippen molar-refractivity contribution in [1.82, 2.24) is 0 Å². The fourth-order valence-electron chi connectivity index (χ4n) is 3.49. The Hall–Kier alpha value is -3.64. The van der Waals surface area contributed by atoms with E-state index in [4.69, 9.17) is 0 Å². The van der Waals surface area contributed by atoms with Crippen LogP contribution in [0.1, 0.15) is 21.5 Å². The molecule has 0 fully saturated rings. The monoisotopic (exact) mass is 417 g/mol. The molecule has 5 nitrogen and oxygen atoms in total. The summed E-state index contributed by atoms with van der Waals surface area (Å²) in [5.41, 5.74) is 4.02. The number of nitrogens with one attached hydrogen (secondary N) is 1. The van der Waals surface area contributed by atoms with Crippen LogP contribution >= 0.6 is 0 Å². The second-order valence-corrected chi connectivity index (χ2v) is 8.60. The van der Waals surface area contributed by atoms with Gasteiger partial charge in [-0.1, -0.05) is 60.7 Å². The lowest BCUT2D eigenvalue weighted by Gasteiger charge is -2.10. The number of carboxylic acid groups (broad SMARTS) is 1. The van der Waals surface area contributed by atoms with Crippen molar-refractivity contribution in [2.75, 3.05) is 4.72 Å². The smallest absolute Gasteiger partial charge is 0.336 e. The molecule has 0 amide bonds. The highest BCUT2D eigenvalue weighted by Gasteiger charge is 2.19. The minimum absolute atomic E-state index is 0.191. The van der Waals surface area contributed by atoms with Crippen LogP contribution in [-0.2, 0) is 16.4 Å². The molecule has 150 valence electrons. The van der Waals surface area contributed by atoms with Gasteiger partial charge in [-0.25, -0.2) is 13.2 Å². The number of anilines is 1. The summed E-state index contributed by atoms with van der Waals surface area (Å²) in [4.78, 5) is 11.8. The maximum absolute atomic E-state index is 12.6. The largest absolute Gasteiger partial charge is 0.478 e. The molecule has 0 atom stereocenters. The lowest BCUT2D eigenvalue weighted by atomic mass is 10.0. The summed E-state index contributed by atoms with van der Waals surface area (Å²) in [7, 11) is -3.68. The number of carbonyl (C=O) groups is 1. The Labute approximate surface area is 175 Å². The number of hydrogen-bond acceptors (Lipinski definition) is 3.